The van der Waals surface area contributed by atoms with Gasteiger partial charge in [-0.25, -0.2) is 0 Å². The normalized spacial score (nSPS) is 14.1. The van der Waals surface area contributed by atoms with Crippen molar-refractivity contribution in [1.82, 2.24) is 4.90 Å². The van der Waals surface area contributed by atoms with E-state index in [-0.39, 0.29) is 0 Å². The van der Waals surface area contributed by atoms with Crippen molar-refractivity contribution < 1.29 is 9.47 Å². The van der Waals surface area contributed by atoms with E-state index in [1.54, 1.807) is 14.2 Å². The van der Waals surface area contributed by atoms with Gasteiger partial charge in [-0.15, -0.1) is 0 Å². The highest BCUT2D eigenvalue weighted by atomic mass is 32.1. The van der Waals surface area contributed by atoms with Crippen molar-refractivity contribution in [1.29, 1.82) is 0 Å². The van der Waals surface area contributed by atoms with E-state index in [1.165, 1.54) is 16.8 Å². The maximum Gasteiger partial charge on any atom is 0.173 e. The molecule has 0 aliphatic carbocycles. The van der Waals surface area contributed by atoms with Gasteiger partial charge in [0.25, 0.3) is 0 Å². The molecule has 1 heterocycles. The molecule has 1 saturated heterocycles. The van der Waals surface area contributed by atoms with E-state index in [0.717, 1.165) is 37.0 Å². The van der Waals surface area contributed by atoms with Crippen LogP contribution >= 0.6 is 12.2 Å². The summed E-state index contributed by atoms with van der Waals surface area (Å²) in [7, 11) is 3.26. The summed E-state index contributed by atoms with van der Waals surface area (Å²) in [5.74, 6) is 1.39. The minimum Gasteiger partial charge on any atom is -0.493 e. The van der Waals surface area contributed by atoms with Gasteiger partial charge >= 0.3 is 0 Å². The average Bonchev–Trinajstić information content (AvgIpc) is 2.70. The molecule has 0 bridgehead atoms. The summed E-state index contributed by atoms with van der Waals surface area (Å²) in [5, 5.41) is 4.05. The van der Waals surface area contributed by atoms with Crippen molar-refractivity contribution in [3.63, 3.8) is 0 Å². The van der Waals surface area contributed by atoms with Crippen molar-refractivity contribution in [2.24, 2.45) is 0 Å². The third-order valence-corrected chi connectivity index (χ3v) is 5.48. The van der Waals surface area contributed by atoms with Gasteiger partial charge in [-0.05, 0) is 55.4 Å². The lowest BCUT2D eigenvalue weighted by molar-refractivity contribution is 0.355. The summed E-state index contributed by atoms with van der Waals surface area (Å²) < 4.78 is 10.6. The Bertz CT molecular complexity index is 817. The van der Waals surface area contributed by atoms with E-state index < -0.39 is 0 Å². The van der Waals surface area contributed by atoms with Crippen LogP contribution in [0.15, 0.2) is 36.4 Å². The Balaban J connectivity index is 1.61. The molecule has 1 fully saturated rings. The molecule has 1 aliphatic rings. The van der Waals surface area contributed by atoms with Crippen LogP contribution in [-0.2, 0) is 0 Å². The van der Waals surface area contributed by atoms with Gasteiger partial charge in [0, 0.05) is 43.6 Å². The van der Waals surface area contributed by atoms with Crippen LogP contribution in [0.25, 0.3) is 0 Å². The second kappa shape index (κ2) is 8.48. The van der Waals surface area contributed by atoms with Gasteiger partial charge in [-0.3, -0.25) is 0 Å². The van der Waals surface area contributed by atoms with Gasteiger partial charge in [-0.1, -0.05) is 12.1 Å². The number of nitrogens with zero attached hydrogens (tertiary/aromatic N) is 2. The van der Waals surface area contributed by atoms with Crippen LogP contribution in [0.5, 0.6) is 11.5 Å². The number of hydrogen-bond donors (Lipinski definition) is 1. The number of benzene rings is 2. The molecule has 27 heavy (non-hydrogen) atoms. The minimum atomic E-state index is 0.685. The predicted molar refractivity (Wildman–Crippen MR) is 115 cm³/mol. The second-order valence-electron chi connectivity index (χ2n) is 6.69. The summed E-state index contributed by atoms with van der Waals surface area (Å²) in [6.07, 6.45) is 0. The molecular formula is C21H27N3O2S. The first-order chi connectivity index (χ1) is 13.0. The number of aryl methyl sites for hydroxylation is 1. The number of rotatable bonds is 4. The molecule has 0 unspecified atom stereocenters. The Labute approximate surface area is 166 Å². The zero-order chi connectivity index (χ0) is 19.4. The molecule has 0 aromatic heterocycles. The Hall–Kier alpha value is -2.47. The standard InChI is InChI=1S/C21H27N3O2S/c1-15-6-5-7-18(16(15)2)23-10-12-24(13-11-23)21(27)22-17-8-9-19(25-3)20(14-17)26-4/h5-9,14H,10-13H2,1-4H3,(H,22,27). The molecule has 1 aliphatic heterocycles. The third kappa shape index (κ3) is 4.27. The smallest absolute Gasteiger partial charge is 0.173 e. The van der Waals surface area contributed by atoms with Gasteiger partial charge in [0.05, 0.1) is 14.2 Å². The highest BCUT2D eigenvalue weighted by molar-refractivity contribution is 7.80. The molecule has 0 amide bonds. The van der Waals surface area contributed by atoms with E-state index in [1.807, 2.05) is 18.2 Å². The van der Waals surface area contributed by atoms with Crippen LogP contribution in [0, 0.1) is 13.8 Å². The fraction of sp³-hybridized carbons (Fsp3) is 0.381. The Morgan fingerprint density at radius 2 is 1.67 bits per heavy atom. The van der Waals surface area contributed by atoms with Gasteiger partial charge in [0.15, 0.2) is 16.6 Å². The number of hydrogen-bond acceptors (Lipinski definition) is 4. The number of anilines is 2. The maximum atomic E-state index is 5.62. The van der Waals surface area contributed by atoms with Gasteiger partial charge in [0.1, 0.15) is 0 Å². The average molecular weight is 386 g/mol. The summed E-state index contributed by atoms with van der Waals surface area (Å²) in [6, 6.07) is 12.2. The number of thiocarbonyl (C=S) groups is 1. The molecule has 0 radical (unpaired) electrons. The first-order valence-electron chi connectivity index (χ1n) is 9.12. The van der Waals surface area contributed by atoms with Gasteiger partial charge < -0.3 is 24.6 Å². The Morgan fingerprint density at radius 1 is 0.963 bits per heavy atom. The molecule has 144 valence electrons. The van der Waals surface area contributed by atoms with Crippen LogP contribution < -0.4 is 19.7 Å². The summed E-state index contributed by atoms with van der Waals surface area (Å²) in [4.78, 5) is 4.66. The summed E-state index contributed by atoms with van der Waals surface area (Å²) in [6.45, 7) is 8.06. The van der Waals surface area contributed by atoms with E-state index in [0.29, 0.717) is 11.5 Å². The number of ether oxygens (including phenoxy) is 2. The first kappa shape index (κ1) is 19.3. The second-order valence-corrected chi connectivity index (χ2v) is 7.08. The molecule has 5 nitrogen and oxygen atoms in total. The molecule has 0 saturated carbocycles. The number of nitrogens with one attached hydrogen (secondary N) is 1. The summed E-state index contributed by atoms with van der Waals surface area (Å²) in [5.41, 5.74) is 4.92. The lowest BCUT2D eigenvalue weighted by atomic mass is 10.1. The van der Waals surface area contributed by atoms with Crippen molar-refractivity contribution >= 4 is 28.7 Å². The highest BCUT2D eigenvalue weighted by Gasteiger charge is 2.20. The first-order valence-corrected chi connectivity index (χ1v) is 9.53. The topological polar surface area (TPSA) is 37.0 Å². The quantitative estimate of drug-likeness (QED) is 0.806. The lowest BCUT2D eigenvalue weighted by Crippen LogP contribution is -2.50. The van der Waals surface area contributed by atoms with Crippen molar-refractivity contribution in [3.8, 4) is 11.5 Å². The van der Waals surface area contributed by atoms with Crippen LogP contribution in [0.2, 0.25) is 0 Å². The SMILES string of the molecule is COc1ccc(NC(=S)N2CCN(c3cccc(C)c3C)CC2)cc1OC. The van der Waals surface area contributed by atoms with Crippen LogP contribution in [0.3, 0.4) is 0 Å². The number of methoxy groups -OCH3 is 2. The highest BCUT2D eigenvalue weighted by Crippen LogP contribution is 2.30. The zero-order valence-electron chi connectivity index (χ0n) is 16.4. The monoisotopic (exact) mass is 385 g/mol. The minimum absolute atomic E-state index is 0.685. The maximum absolute atomic E-state index is 5.62. The molecule has 2 aromatic rings. The lowest BCUT2D eigenvalue weighted by Gasteiger charge is -2.38. The van der Waals surface area contributed by atoms with Crippen LogP contribution in [0.1, 0.15) is 11.1 Å². The van der Waals surface area contributed by atoms with E-state index >= 15 is 0 Å². The van der Waals surface area contributed by atoms with E-state index in [2.05, 4.69) is 47.2 Å². The predicted octanol–water partition coefficient (Wildman–Crippen LogP) is 3.84. The molecule has 0 spiro atoms. The van der Waals surface area contributed by atoms with Crippen LogP contribution in [0.4, 0.5) is 11.4 Å². The van der Waals surface area contributed by atoms with Crippen molar-refractivity contribution in [2.75, 3.05) is 50.6 Å². The van der Waals surface area contributed by atoms with Crippen molar-refractivity contribution in [3.05, 3.63) is 47.5 Å². The van der Waals surface area contributed by atoms with E-state index in [9.17, 15) is 0 Å². The molecular weight excluding hydrogens is 358 g/mol. The van der Waals surface area contributed by atoms with Crippen LogP contribution in [-0.4, -0.2) is 50.4 Å². The molecule has 6 heteroatoms. The molecule has 1 N–H and O–H groups in total. The molecule has 0 atom stereocenters. The number of piperazine rings is 1. The molecule has 2 aromatic carbocycles. The Kier molecular flexibility index (Phi) is 6.06. The van der Waals surface area contributed by atoms with Crippen molar-refractivity contribution in [2.45, 2.75) is 13.8 Å². The third-order valence-electron chi connectivity index (χ3n) is 5.12. The zero-order valence-corrected chi connectivity index (χ0v) is 17.2. The van der Waals surface area contributed by atoms with Gasteiger partial charge in [0.2, 0.25) is 0 Å². The largest absolute Gasteiger partial charge is 0.493 e. The van der Waals surface area contributed by atoms with E-state index in [4.69, 9.17) is 21.7 Å². The molecule has 3 rings (SSSR count). The Morgan fingerprint density at radius 3 is 2.33 bits per heavy atom. The fourth-order valence-electron chi connectivity index (χ4n) is 3.35. The van der Waals surface area contributed by atoms with Gasteiger partial charge in [-0.2, -0.15) is 0 Å². The fourth-order valence-corrected chi connectivity index (χ4v) is 3.65. The summed E-state index contributed by atoms with van der Waals surface area (Å²) >= 11 is 5.62.